The Morgan fingerprint density at radius 3 is 2.29 bits per heavy atom. The minimum Gasteiger partial charge on any atom is -0.465 e. The molecule has 0 aliphatic rings. The molecule has 1 amide bonds. The van der Waals surface area contributed by atoms with Crippen molar-refractivity contribution in [3.63, 3.8) is 0 Å². The molecule has 0 spiro atoms. The first-order chi connectivity index (χ1) is 14.5. The Morgan fingerprint density at radius 1 is 1.19 bits per heavy atom. The number of methoxy groups -OCH3 is 1. The Bertz CT molecular complexity index is 846. The number of esters is 2. The number of hydrogen-bond acceptors (Lipinski definition) is 7. The normalized spacial score (nSPS) is 12.4. The minimum absolute atomic E-state index is 0.0188. The summed E-state index contributed by atoms with van der Waals surface area (Å²) < 4.78 is 15.3. The molecule has 0 N–H and O–H groups in total. The van der Waals surface area contributed by atoms with Gasteiger partial charge in [0, 0.05) is 5.69 Å². The Morgan fingerprint density at radius 2 is 1.81 bits per heavy atom. The molecule has 0 fully saturated rings. The van der Waals surface area contributed by atoms with E-state index in [0.717, 1.165) is 0 Å². The summed E-state index contributed by atoms with van der Waals surface area (Å²) in [5.41, 5.74) is 0.255. The zero-order chi connectivity index (χ0) is 23.6. The van der Waals surface area contributed by atoms with Crippen LogP contribution in [-0.2, 0) is 23.8 Å². The molecule has 1 atom stereocenters. The van der Waals surface area contributed by atoms with E-state index < -0.39 is 17.7 Å². The Hall–Kier alpha value is -3.34. The predicted molar refractivity (Wildman–Crippen MR) is 116 cm³/mol. The number of nitrogens with zero attached hydrogens (tertiary/aromatic N) is 2. The summed E-state index contributed by atoms with van der Waals surface area (Å²) >= 11 is 0. The molecule has 8 nitrogen and oxygen atoms in total. The van der Waals surface area contributed by atoms with Gasteiger partial charge in [-0.1, -0.05) is 26.0 Å². The van der Waals surface area contributed by atoms with Crippen LogP contribution in [0, 0.1) is 17.2 Å². The Balaban J connectivity index is 3.05. The van der Waals surface area contributed by atoms with Crippen LogP contribution in [0.1, 0.15) is 46.6 Å². The van der Waals surface area contributed by atoms with Crippen LogP contribution in [0.3, 0.4) is 0 Å². The fourth-order valence-electron chi connectivity index (χ4n) is 2.35. The van der Waals surface area contributed by atoms with Gasteiger partial charge in [0.05, 0.1) is 19.6 Å². The van der Waals surface area contributed by atoms with E-state index in [9.17, 15) is 14.4 Å². The molecule has 0 saturated heterocycles. The standard InChI is InChI=1S/C23H30N2O6/c1-7-16(2)20(26)30-13-12-25(22(28)31-23(3,4)5)19-10-8-17(9-11-19)14-18(15-24)21(27)29-6/h8-11,14,16H,7,12-13H2,1-6H3. The zero-order valence-corrected chi connectivity index (χ0v) is 18.9. The van der Waals surface area contributed by atoms with Crippen molar-refractivity contribution in [2.24, 2.45) is 5.92 Å². The van der Waals surface area contributed by atoms with Gasteiger partial charge in [0.15, 0.2) is 0 Å². The van der Waals surface area contributed by atoms with Crippen LogP contribution in [-0.4, -0.2) is 43.9 Å². The van der Waals surface area contributed by atoms with Crippen molar-refractivity contribution in [2.75, 3.05) is 25.2 Å². The molecular weight excluding hydrogens is 400 g/mol. The third-order valence-electron chi connectivity index (χ3n) is 4.23. The van der Waals surface area contributed by atoms with Crippen LogP contribution in [0.15, 0.2) is 29.8 Å². The molecule has 0 aromatic heterocycles. The average molecular weight is 431 g/mol. The van der Waals surface area contributed by atoms with Gasteiger partial charge in [-0.25, -0.2) is 9.59 Å². The maximum absolute atomic E-state index is 12.7. The molecule has 0 bridgehead atoms. The quantitative estimate of drug-likeness (QED) is 0.264. The van der Waals surface area contributed by atoms with Crippen molar-refractivity contribution in [2.45, 2.75) is 46.6 Å². The highest BCUT2D eigenvalue weighted by molar-refractivity contribution is 5.98. The molecule has 0 saturated carbocycles. The van der Waals surface area contributed by atoms with Gasteiger partial charge >= 0.3 is 18.0 Å². The van der Waals surface area contributed by atoms with Crippen LogP contribution in [0.5, 0.6) is 0 Å². The van der Waals surface area contributed by atoms with E-state index in [1.165, 1.54) is 18.1 Å². The predicted octanol–water partition coefficient (Wildman–Crippen LogP) is 4.10. The van der Waals surface area contributed by atoms with Gasteiger partial charge in [-0.15, -0.1) is 0 Å². The summed E-state index contributed by atoms with van der Waals surface area (Å²) in [5.74, 6) is -1.27. The van der Waals surface area contributed by atoms with Crippen molar-refractivity contribution >= 4 is 29.8 Å². The second-order valence-corrected chi connectivity index (χ2v) is 7.86. The van der Waals surface area contributed by atoms with Crippen molar-refractivity contribution in [3.8, 4) is 6.07 Å². The SMILES string of the molecule is CCC(C)C(=O)OCCN(C(=O)OC(C)(C)C)c1ccc(C=C(C#N)C(=O)OC)cc1. The van der Waals surface area contributed by atoms with E-state index in [1.54, 1.807) is 58.0 Å². The van der Waals surface area contributed by atoms with Crippen LogP contribution in [0.4, 0.5) is 10.5 Å². The van der Waals surface area contributed by atoms with E-state index in [4.69, 9.17) is 14.7 Å². The first-order valence-electron chi connectivity index (χ1n) is 9.99. The van der Waals surface area contributed by atoms with E-state index in [1.807, 2.05) is 6.92 Å². The van der Waals surface area contributed by atoms with Gasteiger partial charge in [0.2, 0.25) is 0 Å². The number of hydrogen-bond donors (Lipinski definition) is 0. The number of anilines is 1. The van der Waals surface area contributed by atoms with Gasteiger partial charge in [0.25, 0.3) is 0 Å². The van der Waals surface area contributed by atoms with E-state index in [-0.39, 0.29) is 30.6 Å². The number of amides is 1. The summed E-state index contributed by atoms with van der Waals surface area (Å²) in [7, 11) is 1.20. The lowest BCUT2D eigenvalue weighted by Crippen LogP contribution is -2.39. The highest BCUT2D eigenvalue weighted by Crippen LogP contribution is 2.20. The summed E-state index contributed by atoms with van der Waals surface area (Å²) in [5, 5.41) is 9.08. The largest absolute Gasteiger partial charge is 0.465 e. The first kappa shape index (κ1) is 25.7. The third kappa shape index (κ3) is 8.51. The molecule has 168 valence electrons. The van der Waals surface area contributed by atoms with Gasteiger partial charge in [-0.3, -0.25) is 9.69 Å². The second kappa shape index (κ2) is 11.7. The number of nitriles is 1. The molecule has 31 heavy (non-hydrogen) atoms. The summed E-state index contributed by atoms with van der Waals surface area (Å²) in [6, 6.07) is 8.39. The monoisotopic (exact) mass is 430 g/mol. The van der Waals surface area contributed by atoms with Crippen LogP contribution < -0.4 is 4.90 Å². The van der Waals surface area contributed by atoms with E-state index >= 15 is 0 Å². The molecule has 0 heterocycles. The fourth-order valence-corrected chi connectivity index (χ4v) is 2.35. The molecular formula is C23H30N2O6. The van der Waals surface area contributed by atoms with E-state index in [2.05, 4.69) is 4.74 Å². The van der Waals surface area contributed by atoms with Crippen LogP contribution >= 0.6 is 0 Å². The number of rotatable bonds is 8. The third-order valence-corrected chi connectivity index (χ3v) is 4.23. The number of benzene rings is 1. The number of ether oxygens (including phenoxy) is 3. The van der Waals surface area contributed by atoms with Crippen molar-refractivity contribution in [1.29, 1.82) is 5.26 Å². The lowest BCUT2D eigenvalue weighted by Gasteiger charge is -2.27. The smallest absolute Gasteiger partial charge is 0.414 e. The molecule has 8 heteroatoms. The maximum Gasteiger partial charge on any atom is 0.414 e. The maximum atomic E-state index is 12.7. The fraction of sp³-hybridized carbons (Fsp3) is 0.478. The first-order valence-corrected chi connectivity index (χ1v) is 9.99. The average Bonchev–Trinajstić information content (AvgIpc) is 2.72. The molecule has 1 aromatic carbocycles. The summed E-state index contributed by atoms with van der Waals surface area (Å²) in [6.07, 6.45) is 1.48. The molecule has 1 aromatic rings. The van der Waals surface area contributed by atoms with Gasteiger partial charge in [-0.2, -0.15) is 5.26 Å². The second-order valence-electron chi connectivity index (χ2n) is 7.86. The number of carbonyl (C=O) groups excluding carboxylic acids is 3. The van der Waals surface area contributed by atoms with Gasteiger partial charge < -0.3 is 14.2 Å². The minimum atomic E-state index is -0.731. The van der Waals surface area contributed by atoms with Crippen molar-refractivity contribution < 1.29 is 28.6 Å². The summed E-state index contributed by atoms with van der Waals surface area (Å²) in [6.45, 7) is 9.09. The summed E-state index contributed by atoms with van der Waals surface area (Å²) in [4.78, 5) is 37.6. The molecule has 1 unspecified atom stereocenters. The highest BCUT2D eigenvalue weighted by atomic mass is 16.6. The topological polar surface area (TPSA) is 106 Å². The van der Waals surface area contributed by atoms with Crippen molar-refractivity contribution in [1.82, 2.24) is 0 Å². The lowest BCUT2D eigenvalue weighted by molar-refractivity contribution is -0.147. The lowest BCUT2D eigenvalue weighted by atomic mass is 10.1. The van der Waals surface area contributed by atoms with Crippen LogP contribution in [0.2, 0.25) is 0 Å². The highest BCUT2D eigenvalue weighted by Gasteiger charge is 2.24. The Kier molecular flexibility index (Phi) is 9.74. The van der Waals surface area contributed by atoms with Crippen molar-refractivity contribution in [3.05, 3.63) is 35.4 Å². The number of carbonyl (C=O) groups is 3. The van der Waals surface area contributed by atoms with E-state index in [0.29, 0.717) is 17.7 Å². The Labute approximate surface area is 183 Å². The molecule has 0 aliphatic carbocycles. The molecule has 1 rings (SSSR count). The van der Waals surface area contributed by atoms with Gasteiger partial charge in [-0.05, 0) is 51.0 Å². The zero-order valence-electron chi connectivity index (χ0n) is 18.9. The molecule has 0 radical (unpaired) electrons. The van der Waals surface area contributed by atoms with Crippen LogP contribution in [0.25, 0.3) is 6.08 Å². The molecule has 0 aliphatic heterocycles. The van der Waals surface area contributed by atoms with Gasteiger partial charge in [0.1, 0.15) is 23.9 Å².